The lowest BCUT2D eigenvalue weighted by Crippen LogP contribution is -2.35. The second kappa shape index (κ2) is 8.75. The van der Waals surface area contributed by atoms with E-state index in [1.807, 2.05) is 39.8 Å². The minimum atomic E-state index is -1.05. The van der Waals surface area contributed by atoms with Crippen molar-refractivity contribution in [1.29, 1.82) is 0 Å². The van der Waals surface area contributed by atoms with Gasteiger partial charge in [0.25, 0.3) is 11.8 Å². The molecule has 2 aromatic carbocycles. The van der Waals surface area contributed by atoms with Crippen molar-refractivity contribution in [3.05, 3.63) is 70.4 Å². The van der Waals surface area contributed by atoms with Crippen molar-refractivity contribution in [2.75, 3.05) is 18.5 Å². The molecule has 5 nitrogen and oxygen atoms in total. The quantitative estimate of drug-likeness (QED) is 0.690. The summed E-state index contributed by atoms with van der Waals surface area (Å²) < 4.78 is 32.4. The van der Waals surface area contributed by atoms with Gasteiger partial charge in [-0.25, -0.2) is 8.78 Å². The number of nitrogens with one attached hydrogen (secondary N) is 1. The van der Waals surface area contributed by atoms with Crippen LogP contribution in [0.3, 0.4) is 0 Å². The normalized spacial score (nSPS) is 14.3. The van der Waals surface area contributed by atoms with E-state index in [-0.39, 0.29) is 36.2 Å². The van der Waals surface area contributed by atoms with Gasteiger partial charge in [0.1, 0.15) is 5.70 Å². The average Bonchev–Trinajstić information content (AvgIpc) is 2.91. The maximum absolute atomic E-state index is 13.7. The summed E-state index contributed by atoms with van der Waals surface area (Å²) >= 11 is 0. The highest BCUT2D eigenvalue weighted by Gasteiger charge is 2.39. The summed E-state index contributed by atoms with van der Waals surface area (Å²) in [6.45, 7) is 7.88. The Balaban J connectivity index is 2.00. The predicted molar refractivity (Wildman–Crippen MR) is 111 cm³/mol. The lowest BCUT2D eigenvalue weighted by molar-refractivity contribution is -0.137. The fraction of sp³-hybridized carbons (Fsp3) is 0.304. The number of hydrogen-bond donors (Lipinski definition) is 1. The summed E-state index contributed by atoms with van der Waals surface area (Å²) in [4.78, 5) is 27.3. The number of anilines is 1. The lowest BCUT2D eigenvalue weighted by atomic mass is 9.99. The zero-order valence-corrected chi connectivity index (χ0v) is 17.4. The van der Waals surface area contributed by atoms with E-state index in [1.165, 1.54) is 6.07 Å². The third kappa shape index (κ3) is 4.41. The van der Waals surface area contributed by atoms with Gasteiger partial charge in [-0.2, -0.15) is 0 Å². The smallest absolute Gasteiger partial charge is 0.278 e. The molecular weight excluding hydrogens is 390 g/mol. The van der Waals surface area contributed by atoms with Gasteiger partial charge in [0.2, 0.25) is 0 Å². The van der Waals surface area contributed by atoms with Crippen molar-refractivity contribution in [2.45, 2.75) is 33.8 Å². The molecule has 0 saturated carbocycles. The first-order valence-electron chi connectivity index (χ1n) is 9.70. The van der Waals surface area contributed by atoms with Crippen molar-refractivity contribution >= 4 is 23.1 Å². The van der Waals surface area contributed by atoms with Gasteiger partial charge in [0.05, 0.1) is 24.8 Å². The number of aryl methyl sites for hydroxylation is 2. The maximum atomic E-state index is 13.7. The molecule has 1 heterocycles. The Morgan fingerprint density at radius 2 is 1.70 bits per heavy atom. The van der Waals surface area contributed by atoms with Gasteiger partial charge in [-0.05, 0) is 56.5 Å². The van der Waals surface area contributed by atoms with Gasteiger partial charge >= 0.3 is 0 Å². The van der Waals surface area contributed by atoms with Crippen LogP contribution in [0.25, 0.3) is 5.57 Å². The van der Waals surface area contributed by atoms with E-state index in [1.54, 1.807) is 6.07 Å². The van der Waals surface area contributed by atoms with Crippen molar-refractivity contribution in [2.24, 2.45) is 0 Å². The van der Waals surface area contributed by atoms with Gasteiger partial charge in [-0.3, -0.25) is 14.5 Å². The molecule has 0 bridgehead atoms. The van der Waals surface area contributed by atoms with E-state index in [2.05, 4.69) is 5.32 Å². The Labute approximate surface area is 174 Å². The Bertz CT molecular complexity index is 1030. The Morgan fingerprint density at radius 3 is 2.33 bits per heavy atom. The number of carbonyl (C=O) groups excluding carboxylic acids is 2. The van der Waals surface area contributed by atoms with E-state index in [4.69, 9.17) is 4.74 Å². The number of halogens is 2. The molecule has 158 valence electrons. The maximum Gasteiger partial charge on any atom is 0.278 e. The van der Waals surface area contributed by atoms with E-state index in [0.717, 1.165) is 28.2 Å². The fourth-order valence-electron chi connectivity index (χ4n) is 3.16. The summed E-state index contributed by atoms with van der Waals surface area (Å²) in [6, 6.07) is 8.69. The Hall–Kier alpha value is -3.06. The van der Waals surface area contributed by atoms with Crippen LogP contribution in [-0.2, 0) is 14.3 Å². The number of benzene rings is 2. The predicted octanol–water partition coefficient (Wildman–Crippen LogP) is 4.20. The molecule has 1 N–H and O–H groups in total. The minimum absolute atomic E-state index is 0.0267. The second-order valence-electron chi connectivity index (χ2n) is 7.48. The molecule has 0 aromatic heterocycles. The van der Waals surface area contributed by atoms with Crippen LogP contribution in [0.15, 0.2) is 42.1 Å². The molecule has 0 saturated heterocycles. The van der Waals surface area contributed by atoms with Crippen LogP contribution < -0.4 is 5.32 Å². The monoisotopic (exact) mass is 414 g/mol. The van der Waals surface area contributed by atoms with Gasteiger partial charge in [-0.1, -0.05) is 18.2 Å². The molecule has 30 heavy (non-hydrogen) atoms. The largest absolute Gasteiger partial charge is 0.377 e. The van der Waals surface area contributed by atoms with Crippen LogP contribution in [0.4, 0.5) is 14.5 Å². The van der Waals surface area contributed by atoms with E-state index >= 15 is 0 Å². The van der Waals surface area contributed by atoms with Crippen molar-refractivity contribution in [1.82, 2.24) is 4.90 Å². The SMILES string of the molecule is Cc1ccc(C2=C(Nc3ccc(F)c(F)c3)C(=O)N(CCOC(C)C)C2=O)cc1C. The molecule has 7 heteroatoms. The van der Waals surface area contributed by atoms with Crippen LogP contribution in [0, 0.1) is 25.5 Å². The number of ether oxygens (including phenoxy) is 1. The van der Waals surface area contributed by atoms with Gasteiger partial charge in [0.15, 0.2) is 11.6 Å². The van der Waals surface area contributed by atoms with Crippen molar-refractivity contribution in [3.63, 3.8) is 0 Å². The zero-order valence-electron chi connectivity index (χ0n) is 17.4. The highest BCUT2D eigenvalue weighted by molar-refractivity contribution is 6.36. The van der Waals surface area contributed by atoms with Crippen molar-refractivity contribution in [3.8, 4) is 0 Å². The Morgan fingerprint density at radius 1 is 0.967 bits per heavy atom. The van der Waals surface area contributed by atoms with Gasteiger partial charge in [-0.15, -0.1) is 0 Å². The molecule has 2 aromatic rings. The highest BCUT2D eigenvalue weighted by atomic mass is 19.2. The van der Waals surface area contributed by atoms with Crippen LogP contribution in [0.5, 0.6) is 0 Å². The van der Waals surface area contributed by atoms with Crippen LogP contribution in [0.1, 0.15) is 30.5 Å². The molecule has 0 fully saturated rings. The fourth-order valence-corrected chi connectivity index (χ4v) is 3.16. The molecule has 1 aliphatic heterocycles. The number of carbonyl (C=O) groups is 2. The van der Waals surface area contributed by atoms with E-state index < -0.39 is 23.4 Å². The van der Waals surface area contributed by atoms with Crippen molar-refractivity contribution < 1.29 is 23.1 Å². The summed E-state index contributed by atoms with van der Waals surface area (Å²) in [5.74, 6) is -3.04. The Kier molecular flexibility index (Phi) is 6.31. The van der Waals surface area contributed by atoms with Gasteiger partial charge in [0, 0.05) is 11.8 Å². The van der Waals surface area contributed by atoms with Crippen LogP contribution >= 0.6 is 0 Å². The van der Waals surface area contributed by atoms with E-state index in [0.29, 0.717) is 5.56 Å². The molecule has 1 aliphatic rings. The number of imide groups is 1. The van der Waals surface area contributed by atoms with Crippen LogP contribution in [-0.4, -0.2) is 36.0 Å². The van der Waals surface area contributed by atoms with Gasteiger partial charge < -0.3 is 10.1 Å². The average molecular weight is 414 g/mol. The first-order valence-corrected chi connectivity index (χ1v) is 9.70. The number of rotatable bonds is 7. The molecule has 3 rings (SSSR count). The molecule has 0 radical (unpaired) electrons. The van der Waals surface area contributed by atoms with E-state index in [9.17, 15) is 18.4 Å². The minimum Gasteiger partial charge on any atom is -0.377 e. The van der Waals surface area contributed by atoms with Crippen LogP contribution in [0.2, 0.25) is 0 Å². The zero-order chi connectivity index (χ0) is 22.0. The summed E-state index contributed by atoms with van der Waals surface area (Å²) in [5.41, 5.74) is 2.99. The molecule has 0 aliphatic carbocycles. The first-order chi connectivity index (χ1) is 14.2. The highest BCUT2D eigenvalue weighted by Crippen LogP contribution is 2.31. The topological polar surface area (TPSA) is 58.6 Å². The molecule has 0 atom stereocenters. The third-order valence-corrected chi connectivity index (χ3v) is 4.92. The number of amides is 2. The molecule has 2 amide bonds. The number of nitrogens with zero attached hydrogens (tertiary/aromatic N) is 1. The third-order valence-electron chi connectivity index (χ3n) is 4.92. The summed E-state index contributed by atoms with van der Waals surface area (Å²) in [5, 5.41) is 2.82. The molecular formula is C23H24F2N2O3. The summed E-state index contributed by atoms with van der Waals surface area (Å²) in [7, 11) is 0. The standard InChI is InChI=1S/C23H24F2N2O3/c1-13(2)30-10-9-27-22(28)20(16-6-5-14(3)15(4)11-16)21(23(27)29)26-17-7-8-18(24)19(25)12-17/h5-8,11-13,26H,9-10H2,1-4H3. The molecule has 0 spiro atoms. The second-order valence-corrected chi connectivity index (χ2v) is 7.48. The summed E-state index contributed by atoms with van der Waals surface area (Å²) in [6.07, 6.45) is -0.0372. The molecule has 0 unspecified atom stereocenters. The first kappa shape index (κ1) is 21.6. The lowest BCUT2D eigenvalue weighted by Gasteiger charge is -2.16. The number of hydrogen-bond acceptors (Lipinski definition) is 4.